The Morgan fingerprint density at radius 1 is 1.24 bits per heavy atom. The number of benzene rings is 2. The number of β-amino-alcohol motifs (C(OH)–C–C–N with tert-alkyl or cyclic N) is 1. The molecule has 25 heavy (non-hydrogen) atoms. The van der Waals surface area contributed by atoms with Crippen LogP contribution in [0.4, 0.5) is 10.1 Å². The number of nitrogens with one attached hydrogen (secondary N) is 1. The van der Waals surface area contributed by atoms with Crippen molar-refractivity contribution >= 4 is 33.2 Å². The number of amides is 1. The number of rotatable bonds is 4. The molecular weight excluding hydrogens is 371 g/mol. The van der Waals surface area contributed by atoms with Crippen molar-refractivity contribution < 1.29 is 22.7 Å². The first-order valence-electron chi connectivity index (χ1n) is 7.32. The highest BCUT2D eigenvalue weighted by molar-refractivity contribution is 7.89. The molecule has 0 atom stereocenters. The molecule has 6 nitrogen and oxygen atoms in total. The lowest BCUT2D eigenvalue weighted by atomic mass is 10.2. The van der Waals surface area contributed by atoms with Gasteiger partial charge in [0.1, 0.15) is 5.82 Å². The molecule has 0 aromatic heterocycles. The van der Waals surface area contributed by atoms with Crippen LogP contribution >= 0.6 is 11.6 Å². The lowest BCUT2D eigenvalue weighted by molar-refractivity contribution is 0.0548. The van der Waals surface area contributed by atoms with E-state index >= 15 is 0 Å². The van der Waals surface area contributed by atoms with Gasteiger partial charge in [0.25, 0.3) is 5.91 Å². The maximum atomic E-state index is 13.4. The molecule has 2 aromatic rings. The molecule has 2 N–H and O–H groups in total. The molecule has 2 aromatic carbocycles. The number of hydrogen-bond donors (Lipinski definition) is 2. The van der Waals surface area contributed by atoms with E-state index in [9.17, 15) is 22.7 Å². The van der Waals surface area contributed by atoms with Crippen LogP contribution in [0.15, 0.2) is 47.4 Å². The molecule has 0 saturated carbocycles. The summed E-state index contributed by atoms with van der Waals surface area (Å²) < 4.78 is 39.3. The maximum Gasteiger partial charge on any atom is 0.255 e. The third-order valence-corrected chi connectivity index (χ3v) is 5.87. The minimum absolute atomic E-state index is 0.0306. The van der Waals surface area contributed by atoms with Crippen molar-refractivity contribution in [3.63, 3.8) is 0 Å². The van der Waals surface area contributed by atoms with E-state index in [4.69, 9.17) is 11.6 Å². The molecule has 1 amide bonds. The number of halogens is 2. The van der Waals surface area contributed by atoms with Gasteiger partial charge in [0.05, 0.1) is 16.0 Å². The maximum absolute atomic E-state index is 13.4. The smallest absolute Gasteiger partial charge is 0.255 e. The van der Waals surface area contributed by atoms with E-state index in [-0.39, 0.29) is 34.3 Å². The summed E-state index contributed by atoms with van der Waals surface area (Å²) in [6.45, 7) is 0.0611. The fraction of sp³-hybridized carbons (Fsp3) is 0.188. The van der Waals surface area contributed by atoms with E-state index in [1.54, 1.807) is 0 Å². The summed E-state index contributed by atoms with van der Waals surface area (Å²) in [5.74, 6) is -1.26. The molecule has 0 unspecified atom stereocenters. The Morgan fingerprint density at radius 2 is 1.96 bits per heavy atom. The van der Waals surface area contributed by atoms with E-state index in [2.05, 4.69) is 5.32 Å². The number of aliphatic hydroxyl groups excluding tert-OH is 1. The van der Waals surface area contributed by atoms with E-state index < -0.39 is 27.9 Å². The van der Waals surface area contributed by atoms with Gasteiger partial charge in [0.2, 0.25) is 10.0 Å². The van der Waals surface area contributed by atoms with Crippen LogP contribution in [0.1, 0.15) is 10.4 Å². The minimum atomic E-state index is -3.76. The van der Waals surface area contributed by atoms with Gasteiger partial charge in [0.15, 0.2) is 0 Å². The average Bonchev–Trinajstić information content (AvgIpc) is 2.55. The third-order valence-electron chi connectivity index (χ3n) is 3.74. The number of nitrogens with zero attached hydrogens (tertiary/aromatic N) is 1. The molecule has 1 saturated heterocycles. The fourth-order valence-electron chi connectivity index (χ4n) is 2.34. The summed E-state index contributed by atoms with van der Waals surface area (Å²) in [5.41, 5.74) is 0.309. The Hall–Kier alpha value is -2.00. The molecule has 1 heterocycles. The van der Waals surface area contributed by atoms with Crippen LogP contribution in [0.25, 0.3) is 0 Å². The van der Waals surface area contributed by atoms with E-state index in [0.717, 1.165) is 10.4 Å². The molecule has 1 fully saturated rings. The highest BCUT2D eigenvalue weighted by Crippen LogP contribution is 2.23. The second-order valence-corrected chi connectivity index (χ2v) is 7.93. The van der Waals surface area contributed by atoms with Crippen molar-refractivity contribution in [1.82, 2.24) is 4.31 Å². The first kappa shape index (κ1) is 17.8. The van der Waals surface area contributed by atoms with E-state index in [1.807, 2.05) is 0 Å². The van der Waals surface area contributed by atoms with Crippen LogP contribution in [0.2, 0.25) is 5.02 Å². The van der Waals surface area contributed by atoms with Crippen molar-refractivity contribution in [3.05, 3.63) is 58.9 Å². The summed E-state index contributed by atoms with van der Waals surface area (Å²) >= 11 is 5.59. The predicted molar refractivity (Wildman–Crippen MR) is 90.6 cm³/mol. The lowest BCUT2D eigenvalue weighted by Gasteiger charge is -2.34. The van der Waals surface area contributed by atoms with Crippen molar-refractivity contribution in [2.45, 2.75) is 11.0 Å². The van der Waals surface area contributed by atoms with Crippen LogP contribution in [0, 0.1) is 5.82 Å². The second-order valence-electron chi connectivity index (χ2n) is 5.59. The highest BCUT2D eigenvalue weighted by Gasteiger charge is 2.35. The van der Waals surface area contributed by atoms with Gasteiger partial charge in [-0.3, -0.25) is 4.79 Å². The molecule has 0 aliphatic carbocycles. The molecule has 0 spiro atoms. The Kier molecular flexibility index (Phi) is 4.79. The van der Waals surface area contributed by atoms with Crippen LogP contribution in [-0.2, 0) is 10.0 Å². The summed E-state index contributed by atoms with van der Waals surface area (Å²) in [5, 5.41) is 11.7. The second kappa shape index (κ2) is 6.72. The van der Waals surface area contributed by atoms with Crippen molar-refractivity contribution in [2.75, 3.05) is 18.4 Å². The SMILES string of the molecule is O=C(Nc1ccc(Cl)c(F)c1)c1cccc(S(=O)(=O)N2CC(O)C2)c1. The summed E-state index contributed by atoms with van der Waals surface area (Å²) in [7, 11) is -3.76. The first-order chi connectivity index (χ1) is 11.8. The zero-order chi connectivity index (χ0) is 18.2. The van der Waals surface area contributed by atoms with Gasteiger partial charge in [-0.1, -0.05) is 17.7 Å². The topological polar surface area (TPSA) is 86.7 Å². The molecule has 9 heteroatoms. The van der Waals surface area contributed by atoms with Gasteiger partial charge in [-0.05, 0) is 36.4 Å². The molecule has 0 radical (unpaired) electrons. The van der Waals surface area contributed by atoms with Crippen LogP contribution in [0.5, 0.6) is 0 Å². The standard InChI is InChI=1S/C16H14ClFN2O4S/c17-14-5-4-11(7-15(14)18)19-16(22)10-2-1-3-13(6-10)25(23,24)20-8-12(21)9-20/h1-7,12,21H,8-9H2,(H,19,22). The number of hydrogen-bond acceptors (Lipinski definition) is 4. The molecule has 3 rings (SSSR count). The van der Waals surface area contributed by atoms with Crippen molar-refractivity contribution in [2.24, 2.45) is 0 Å². The van der Waals surface area contributed by atoms with Gasteiger partial charge in [-0.15, -0.1) is 0 Å². The molecule has 0 bridgehead atoms. The van der Waals surface area contributed by atoms with E-state index in [1.165, 1.54) is 36.4 Å². The van der Waals surface area contributed by atoms with Gasteiger partial charge >= 0.3 is 0 Å². The predicted octanol–water partition coefficient (Wildman–Crippen LogP) is 2.10. The zero-order valence-corrected chi connectivity index (χ0v) is 14.4. The Bertz CT molecular complexity index is 929. The number of sulfonamides is 1. The number of aliphatic hydroxyl groups is 1. The number of carbonyl (C=O) groups excluding carboxylic acids is 1. The Labute approximate surface area is 148 Å². The number of anilines is 1. The minimum Gasteiger partial charge on any atom is -0.390 e. The highest BCUT2D eigenvalue weighted by atomic mass is 35.5. The molecular formula is C16H14ClFN2O4S. The van der Waals surface area contributed by atoms with Crippen LogP contribution in [0.3, 0.4) is 0 Å². The quantitative estimate of drug-likeness (QED) is 0.845. The third kappa shape index (κ3) is 3.67. The zero-order valence-electron chi connectivity index (χ0n) is 12.8. The van der Waals surface area contributed by atoms with Gasteiger partial charge in [-0.25, -0.2) is 12.8 Å². The van der Waals surface area contributed by atoms with Gasteiger partial charge < -0.3 is 10.4 Å². The van der Waals surface area contributed by atoms with Gasteiger partial charge in [-0.2, -0.15) is 4.31 Å². The van der Waals surface area contributed by atoms with Gasteiger partial charge in [0, 0.05) is 24.3 Å². The summed E-state index contributed by atoms with van der Waals surface area (Å²) in [6, 6.07) is 9.32. The van der Waals surface area contributed by atoms with E-state index in [0.29, 0.717) is 0 Å². The molecule has 1 aliphatic rings. The number of carbonyl (C=O) groups is 1. The fourth-order valence-corrected chi connectivity index (χ4v) is 4.02. The van der Waals surface area contributed by atoms with Crippen LogP contribution in [-0.4, -0.2) is 42.9 Å². The monoisotopic (exact) mass is 384 g/mol. The summed E-state index contributed by atoms with van der Waals surface area (Å²) in [6.07, 6.45) is -0.666. The van der Waals surface area contributed by atoms with Crippen LogP contribution < -0.4 is 5.32 Å². The normalized spacial score (nSPS) is 15.6. The van der Waals surface area contributed by atoms with Crippen molar-refractivity contribution in [1.29, 1.82) is 0 Å². The average molecular weight is 385 g/mol. The lowest BCUT2D eigenvalue weighted by Crippen LogP contribution is -2.53. The molecule has 132 valence electrons. The Morgan fingerprint density at radius 3 is 2.60 bits per heavy atom. The first-order valence-corrected chi connectivity index (χ1v) is 9.14. The van der Waals surface area contributed by atoms with Crippen molar-refractivity contribution in [3.8, 4) is 0 Å². The molecule has 1 aliphatic heterocycles. The largest absolute Gasteiger partial charge is 0.390 e. The summed E-state index contributed by atoms with van der Waals surface area (Å²) in [4.78, 5) is 12.2. The Balaban J connectivity index is 1.81.